The predicted octanol–water partition coefficient (Wildman–Crippen LogP) is 4.51. The van der Waals surface area contributed by atoms with Crippen molar-refractivity contribution in [2.45, 2.75) is 25.1 Å². The van der Waals surface area contributed by atoms with Crippen LogP contribution in [0.3, 0.4) is 0 Å². The number of aromatic nitrogens is 2. The number of hydrogen-bond donors (Lipinski definition) is 1. The molecule has 0 atom stereocenters. The number of piperidine rings is 1. The smallest absolute Gasteiger partial charge is 0.356 e. The number of thiazole rings is 1. The number of benzene rings is 1. The average Bonchev–Trinajstić information content (AvgIpc) is 3.15. The number of nitrogens with one attached hydrogen (secondary N) is 1. The van der Waals surface area contributed by atoms with Crippen LogP contribution in [-0.2, 0) is 11.0 Å². The Hall–Kier alpha value is -2.94. The Balaban J connectivity index is 1.28. The summed E-state index contributed by atoms with van der Waals surface area (Å²) in [5, 5.41) is 3.75. The molecule has 1 aliphatic rings. The van der Waals surface area contributed by atoms with Gasteiger partial charge >= 0.3 is 6.18 Å². The molecule has 156 valence electrons. The fraction of sp³-hybridized carbons (Fsp3) is 0.286. The van der Waals surface area contributed by atoms with Crippen LogP contribution >= 0.6 is 11.3 Å². The Labute approximate surface area is 175 Å². The van der Waals surface area contributed by atoms with Crippen LogP contribution in [0.2, 0.25) is 0 Å². The molecule has 3 heterocycles. The number of fused-ring (bicyclic) bond motifs is 1. The second-order valence-electron chi connectivity index (χ2n) is 7.03. The summed E-state index contributed by atoms with van der Waals surface area (Å²) in [5.41, 5.74) is 0.153. The Bertz CT molecular complexity index is 1020. The molecule has 3 aromatic rings. The molecule has 0 aliphatic carbocycles. The fourth-order valence-corrected chi connectivity index (χ4v) is 4.22. The highest BCUT2D eigenvalue weighted by molar-refractivity contribution is 7.19. The number of anilines is 1. The van der Waals surface area contributed by atoms with Crippen molar-refractivity contribution in [3.8, 4) is 0 Å². The average molecular weight is 432 g/mol. The highest BCUT2D eigenvalue weighted by Crippen LogP contribution is 2.30. The summed E-state index contributed by atoms with van der Waals surface area (Å²) >= 11 is 1.52. The summed E-state index contributed by atoms with van der Waals surface area (Å²) in [5.74, 6) is 0.337. The van der Waals surface area contributed by atoms with Crippen molar-refractivity contribution < 1.29 is 18.0 Å². The summed E-state index contributed by atoms with van der Waals surface area (Å²) < 4.78 is 39.0. The quantitative estimate of drug-likeness (QED) is 0.617. The van der Waals surface area contributed by atoms with Gasteiger partial charge in [0.15, 0.2) is 0 Å². The highest BCUT2D eigenvalue weighted by atomic mass is 32.1. The van der Waals surface area contributed by atoms with Crippen LogP contribution in [0, 0.1) is 0 Å². The number of alkyl halides is 3. The van der Waals surface area contributed by atoms with Crippen LogP contribution in [0.1, 0.15) is 23.4 Å². The SMILES string of the molecule is O=C(/C=C/c1nc2ccccc2s1)NC1CCN(c2ccc(C(F)(F)F)cn2)CC1. The molecular weight excluding hydrogens is 413 g/mol. The van der Waals surface area contributed by atoms with Crippen LogP contribution in [0.25, 0.3) is 16.3 Å². The van der Waals surface area contributed by atoms with E-state index in [1.54, 1.807) is 6.08 Å². The van der Waals surface area contributed by atoms with E-state index >= 15 is 0 Å². The Morgan fingerprint density at radius 2 is 1.93 bits per heavy atom. The van der Waals surface area contributed by atoms with Gasteiger partial charge in [-0.3, -0.25) is 4.79 Å². The van der Waals surface area contributed by atoms with Crippen LogP contribution in [0.15, 0.2) is 48.7 Å². The minimum Gasteiger partial charge on any atom is -0.356 e. The molecule has 0 radical (unpaired) electrons. The lowest BCUT2D eigenvalue weighted by molar-refractivity contribution is -0.137. The summed E-state index contributed by atoms with van der Waals surface area (Å²) in [4.78, 5) is 22.6. The Kier molecular flexibility index (Phi) is 5.72. The number of carbonyl (C=O) groups is 1. The number of nitrogens with zero attached hydrogens (tertiary/aromatic N) is 3. The molecule has 4 rings (SSSR count). The van der Waals surface area contributed by atoms with E-state index in [1.165, 1.54) is 23.5 Å². The van der Waals surface area contributed by atoms with Gasteiger partial charge in [-0.2, -0.15) is 13.2 Å². The zero-order valence-electron chi connectivity index (χ0n) is 15.9. The van der Waals surface area contributed by atoms with Gasteiger partial charge in [-0.15, -0.1) is 11.3 Å². The third-order valence-corrected chi connectivity index (χ3v) is 5.93. The summed E-state index contributed by atoms with van der Waals surface area (Å²) in [6.07, 6.45) is 1.06. The Morgan fingerprint density at radius 1 is 1.17 bits per heavy atom. The van der Waals surface area contributed by atoms with E-state index in [4.69, 9.17) is 0 Å². The highest BCUT2D eigenvalue weighted by Gasteiger charge is 2.31. The minimum atomic E-state index is -4.39. The van der Waals surface area contributed by atoms with E-state index in [0.29, 0.717) is 31.7 Å². The first kappa shape index (κ1) is 20.3. The van der Waals surface area contributed by atoms with Gasteiger partial charge in [0, 0.05) is 31.4 Å². The lowest BCUT2D eigenvalue weighted by atomic mass is 10.0. The van der Waals surface area contributed by atoms with Crippen LogP contribution in [-0.4, -0.2) is 35.0 Å². The number of pyridine rings is 1. The molecule has 1 fully saturated rings. The largest absolute Gasteiger partial charge is 0.417 e. The first-order valence-corrected chi connectivity index (χ1v) is 10.3. The lowest BCUT2D eigenvalue weighted by Gasteiger charge is -2.33. The minimum absolute atomic E-state index is 0.0169. The molecule has 9 heteroatoms. The van der Waals surface area contributed by atoms with Gasteiger partial charge in [-0.1, -0.05) is 12.1 Å². The van der Waals surface area contributed by atoms with Crippen molar-refractivity contribution in [2.24, 2.45) is 0 Å². The number of hydrogen-bond acceptors (Lipinski definition) is 5. The normalized spacial score (nSPS) is 15.8. The third-order valence-electron chi connectivity index (χ3n) is 4.93. The molecule has 1 saturated heterocycles. The van der Waals surface area contributed by atoms with E-state index < -0.39 is 11.7 Å². The van der Waals surface area contributed by atoms with Gasteiger partial charge < -0.3 is 10.2 Å². The van der Waals surface area contributed by atoms with E-state index in [-0.39, 0.29) is 11.9 Å². The van der Waals surface area contributed by atoms with Crippen molar-refractivity contribution in [3.63, 3.8) is 0 Å². The number of halogens is 3. The molecule has 2 aromatic heterocycles. The lowest BCUT2D eigenvalue weighted by Crippen LogP contribution is -2.44. The topological polar surface area (TPSA) is 58.1 Å². The Morgan fingerprint density at radius 3 is 2.60 bits per heavy atom. The first-order chi connectivity index (χ1) is 14.4. The van der Waals surface area contributed by atoms with Crippen LogP contribution in [0.5, 0.6) is 0 Å². The number of carbonyl (C=O) groups excluding carboxylic acids is 1. The van der Waals surface area contributed by atoms with Gasteiger partial charge in [-0.25, -0.2) is 9.97 Å². The van der Waals surface area contributed by atoms with Crippen molar-refractivity contribution >= 4 is 39.4 Å². The molecule has 1 aliphatic heterocycles. The van der Waals surface area contributed by atoms with Crippen LogP contribution < -0.4 is 10.2 Å². The third kappa shape index (κ3) is 4.79. The van der Waals surface area contributed by atoms with Gasteiger partial charge in [0.2, 0.25) is 5.91 Å². The van der Waals surface area contributed by atoms with E-state index in [9.17, 15) is 18.0 Å². The molecule has 0 saturated carbocycles. The second kappa shape index (κ2) is 8.43. The van der Waals surface area contributed by atoms with E-state index in [1.807, 2.05) is 29.2 Å². The first-order valence-electron chi connectivity index (χ1n) is 9.51. The molecule has 1 amide bonds. The van der Waals surface area contributed by atoms with Crippen LogP contribution in [0.4, 0.5) is 19.0 Å². The molecular formula is C21H19F3N4OS. The van der Waals surface area contributed by atoms with Gasteiger partial charge in [0.05, 0.1) is 15.8 Å². The van der Waals surface area contributed by atoms with Gasteiger partial charge in [-0.05, 0) is 43.2 Å². The zero-order valence-corrected chi connectivity index (χ0v) is 16.7. The number of amides is 1. The van der Waals surface area contributed by atoms with Gasteiger partial charge in [0.25, 0.3) is 0 Å². The number of rotatable bonds is 4. The predicted molar refractivity (Wildman–Crippen MR) is 111 cm³/mol. The molecule has 1 N–H and O–H groups in total. The second-order valence-corrected chi connectivity index (χ2v) is 8.09. The van der Waals surface area contributed by atoms with E-state index in [0.717, 1.165) is 27.5 Å². The maximum absolute atomic E-state index is 12.7. The molecule has 1 aromatic carbocycles. The molecule has 0 spiro atoms. The van der Waals surface area contributed by atoms with E-state index in [2.05, 4.69) is 15.3 Å². The van der Waals surface area contributed by atoms with Crippen molar-refractivity contribution in [1.82, 2.24) is 15.3 Å². The zero-order chi connectivity index (χ0) is 21.1. The molecule has 0 bridgehead atoms. The van der Waals surface area contributed by atoms with Crippen molar-refractivity contribution in [1.29, 1.82) is 0 Å². The monoisotopic (exact) mass is 432 g/mol. The maximum Gasteiger partial charge on any atom is 0.417 e. The number of para-hydroxylation sites is 1. The fourth-order valence-electron chi connectivity index (χ4n) is 3.35. The standard InChI is InChI=1S/C21H19F3N4OS/c22-21(23,24)14-5-6-18(25-13-14)28-11-9-15(10-12-28)26-19(29)7-8-20-27-16-3-1-2-4-17(16)30-20/h1-8,13,15H,9-12H2,(H,26,29)/b8-7+. The molecule has 30 heavy (non-hydrogen) atoms. The summed E-state index contributed by atoms with van der Waals surface area (Å²) in [6.45, 7) is 1.23. The molecule has 5 nitrogen and oxygen atoms in total. The maximum atomic E-state index is 12.7. The van der Waals surface area contributed by atoms with Crippen molar-refractivity contribution in [3.05, 3.63) is 59.2 Å². The summed E-state index contributed by atoms with van der Waals surface area (Å²) in [6, 6.07) is 10.3. The van der Waals surface area contributed by atoms with Crippen molar-refractivity contribution in [2.75, 3.05) is 18.0 Å². The molecule has 0 unspecified atom stereocenters. The summed E-state index contributed by atoms with van der Waals surface area (Å²) in [7, 11) is 0. The van der Waals surface area contributed by atoms with Gasteiger partial charge in [0.1, 0.15) is 10.8 Å².